The van der Waals surface area contributed by atoms with Crippen LogP contribution in [0.2, 0.25) is 0 Å². The Labute approximate surface area is 178 Å². The number of aliphatic hydroxyl groups is 1. The summed E-state index contributed by atoms with van der Waals surface area (Å²) in [6.07, 6.45) is 2.70. The highest BCUT2D eigenvalue weighted by atomic mass is 32.2. The lowest BCUT2D eigenvalue weighted by Crippen LogP contribution is -2.50. The lowest BCUT2D eigenvalue weighted by molar-refractivity contribution is -0.134. The quantitative estimate of drug-likeness (QED) is 0.612. The van der Waals surface area contributed by atoms with Crippen LogP contribution >= 0.6 is 0 Å². The molecule has 0 aliphatic carbocycles. The normalized spacial score (nSPS) is 17.3. The summed E-state index contributed by atoms with van der Waals surface area (Å²) in [6, 6.07) is 12.0. The fourth-order valence-corrected chi connectivity index (χ4v) is 5.61. The number of likely N-dealkylation sites (tertiary alicyclic amines) is 1. The van der Waals surface area contributed by atoms with Crippen LogP contribution in [-0.4, -0.2) is 49.9 Å². The molecule has 1 aromatic heterocycles. The maximum absolute atomic E-state index is 13.6. The molecule has 7 heteroatoms. The van der Waals surface area contributed by atoms with Crippen molar-refractivity contribution in [1.29, 1.82) is 0 Å². The number of rotatable bonds is 5. The molecule has 0 radical (unpaired) electrons. The van der Waals surface area contributed by atoms with Crippen molar-refractivity contribution in [1.82, 2.24) is 9.88 Å². The van der Waals surface area contributed by atoms with E-state index < -0.39 is 16.8 Å². The summed E-state index contributed by atoms with van der Waals surface area (Å²) < 4.78 is 26.3. The first-order valence-electron chi connectivity index (χ1n) is 10.0. The average molecular weight is 429 g/mol. The second kappa shape index (κ2) is 8.41. The number of benzene rings is 2. The first-order chi connectivity index (χ1) is 14.3. The Morgan fingerprint density at radius 2 is 2.00 bits per heavy atom. The van der Waals surface area contributed by atoms with E-state index in [1.807, 2.05) is 31.2 Å². The summed E-state index contributed by atoms with van der Waals surface area (Å²) >= 11 is -1.29. The molecule has 0 saturated carbocycles. The SMILES string of the molecule is Cc1ccccc1[S+]([O-])CC1(O)CCN(C(=O)Cc2c[nH]c3ccc(F)cc23)CC1. The standard InChI is InChI=1S/C23H25FN2O3S/c1-16-4-2-3-5-21(16)30(29)15-23(28)8-10-26(11-9-23)22(27)12-17-14-25-20-7-6-18(24)13-19(17)20/h2-7,13-14,25,28H,8-12,15H2,1H3. The number of hydrogen-bond donors (Lipinski definition) is 2. The van der Waals surface area contributed by atoms with Gasteiger partial charge in [0, 0.05) is 35.8 Å². The van der Waals surface area contributed by atoms with Crippen molar-refractivity contribution in [3.8, 4) is 0 Å². The summed E-state index contributed by atoms with van der Waals surface area (Å²) in [5.41, 5.74) is 1.46. The molecular weight excluding hydrogens is 403 g/mol. The molecule has 30 heavy (non-hydrogen) atoms. The average Bonchev–Trinajstić information content (AvgIpc) is 3.10. The van der Waals surface area contributed by atoms with E-state index in [9.17, 15) is 18.8 Å². The van der Waals surface area contributed by atoms with Gasteiger partial charge in [0.15, 0.2) is 4.90 Å². The maximum atomic E-state index is 13.6. The number of carbonyl (C=O) groups is 1. The monoisotopic (exact) mass is 428 g/mol. The van der Waals surface area contributed by atoms with Crippen molar-refractivity contribution in [2.24, 2.45) is 0 Å². The second-order valence-corrected chi connectivity index (χ2v) is 9.46. The zero-order valence-electron chi connectivity index (χ0n) is 16.9. The largest absolute Gasteiger partial charge is 0.611 e. The van der Waals surface area contributed by atoms with Crippen LogP contribution in [0.15, 0.2) is 53.6 Å². The zero-order valence-corrected chi connectivity index (χ0v) is 17.7. The predicted octanol–water partition coefficient (Wildman–Crippen LogP) is 3.32. The number of amides is 1. The first-order valence-corrected chi connectivity index (χ1v) is 11.4. The van der Waals surface area contributed by atoms with Gasteiger partial charge in [-0.2, -0.15) is 0 Å². The zero-order chi connectivity index (χ0) is 21.3. The van der Waals surface area contributed by atoms with Crippen LogP contribution in [0.4, 0.5) is 4.39 Å². The molecule has 1 aliphatic rings. The number of fused-ring (bicyclic) bond motifs is 1. The molecule has 2 aromatic carbocycles. The Balaban J connectivity index is 1.37. The molecule has 1 aliphatic heterocycles. The number of aromatic nitrogens is 1. The highest BCUT2D eigenvalue weighted by Gasteiger charge is 2.38. The fourth-order valence-electron chi connectivity index (χ4n) is 4.02. The van der Waals surface area contributed by atoms with E-state index in [2.05, 4.69) is 4.98 Å². The summed E-state index contributed by atoms with van der Waals surface area (Å²) in [5, 5.41) is 11.7. The third-order valence-corrected chi connectivity index (χ3v) is 7.60. The van der Waals surface area contributed by atoms with Crippen LogP contribution in [0.5, 0.6) is 0 Å². The molecule has 158 valence electrons. The van der Waals surface area contributed by atoms with Gasteiger partial charge in [-0.05, 0) is 60.8 Å². The number of carbonyl (C=O) groups excluding carboxylic acids is 1. The van der Waals surface area contributed by atoms with Gasteiger partial charge in [-0.15, -0.1) is 0 Å². The molecule has 2 N–H and O–H groups in total. The van der Waals surface area contributed by atoms with Gasteiger partial charge in [-0.3, -0.25) is 4.79 Å². The van der Waals surface area contributed by atoms with Gasteiger partial charge in [-0.25, -0.2) is 4.39 Å². The molecule has 1 amide bonds. The molecule has 0 bridgehead atoms. The van der Waals surface area contributed by atoms with Gasteiger partial charge in [0.25, 0.3) is 0 Å². The van der Waals surface area contributed by atoms with Crippen molar-refractivity contribution < 1.29 is 18.8 Å². The number of H-pyrrole nitrogens is 1. The van der Waals surface area contributed by atoms with Crippen molar-refractivity contribution >= 4 is 28.0 Å². The highest BCUT2D eigenvalue weighted by molar-refractivity contribution is 7.91. The van der Waals surface area contributed by atoms with Crippen molar-refractivity contribution in [3.05, 3.63) is 65.6 Å². The van der Waals surface area contributed by atoms with E-state index in [1.165, 1.54) is 12.1 Å². The van der Waals surface area contributed by atoms with Gasteiger partial charge < -0.3 is 19.5 Å². The van der Waals surface area contributed by atoms with Crippen LogP contribution in [0.25, 0.3) is 10.9 Å². The van der Waals surface area contributed by atoms with E-state index in [0.717, 1.165) is 21.5 Å². The summed E-state index contributed by atoms with van der Waals surface area (Å²) in [4.78, 5) is 18.3. The van der Waals surface area contributed by atoms with Crippen LogP contribution in [-0.2, 0) is 22.4 Å². The summed E-state index contributed by atoms with van der Waals surface area (Å²) in [5.74, 6) is -0.218. The van der Waals surface area contributed by atoms with Crippen molar-refractivity contribution in [2.75, 3.05) is 18.8 Å². The van der Waals surface area contributed by atoms with Gasteiger partial charge >= 0.3 is 0 Å². The lowest BCUT2D eigenvalue weighted by atomic mass is 9.93. The minimum atomic E-state index is -1.29. The Morgan fingerprint density at radius 3 is 2.73 bits per heavy atom. The second-order valence-electron chi connectivity index (χ2n) is 8.04. The van der Waals surface area contributed by atoms with Crippen LogP contribution < -0.4 is 0 Å². The smallest absolute Gasteiger partial charge is 0.227 e. The van der Waals surface area contributed by atoms with Crippen LogP contribution in [0, 0.1) is 12.7 Å². The predicted molar refractivity (Wildman–Crippen MR) is 115 cm³/mol. The minimum absolute atomic E-state index is 0.0535. The van der Waals surface area contributed by atoms with E-state index in [-0.39, 0.29) is 23.9 Å². The summed E-state index contributed by atoms with van der Waals surface area (Å²) in [6.45, 7) is 2.74. The third kappa shape index (κ3) is 4.38. The summed E-state index contributed by atoms with van der Waals surface area (Å²) in [7, 11) is 0. The van der Waals surface area contributed by atoms with Crippen LogP contribution in [0.1, 0.15) is 24.0 Å². The first kappa shape index (κ1) is 20.9. The number of nitrogens with zero attached hydrogens (tertiary/aromatic N) is 1. The Kier molecular flexibility index (Phi) is 5.86. The molecular formula is C23H25FN2O3S. The van der Waals surface area contributed by atoms with E-state index in [0.29, 0.717) is 31.3 Å². The van der Waals surface area contributed by atoms with E-state index >= 15 is 0 Å². The molecule has 1 unspecified atom stereocenters. The van der Waals surface area contributed by atoms with Crippen molar-refractivity contribution in [3.63, 3.8) is 0 Å². The Hall–Kier alpha value is -2.35. The molecule has 2 heterocycles. The fraction of sp³-hybridized carbons (Fsp3) is 0.348. The molecule has 1 atom stereocenters. The highest BCUT2D eigenvalue weighted by Crippen LogP contribution is 2.28. The molecule has 1 saturated heterocycles. The number of halogens is 1. The molecule has 4 rings (SSSR count). The van der Waals surface area contributed by atoms with Gasteiger partial charge in [-0.1, -0.05) is 18.2 Å². The van der Waals surface area contributed by atoms with Gasteiger partial charge in [0.1, 0.15) is 17.2 Å². The minimum Gasteiger partial charge on any atom is -0.611 e. The number of piperidine rings is 1. The Morgan fingerprint density at radius 1 is 1.27 bits per heavy atom. The number of aromatic amines is 1. The van der Waals surface area contributed by atoms with E-state index in [4.69, 9.17) is 0 Å². The van der Waals surface area contributed by atoms with Gasteiger partial charge in [0.2, 0.25) is 5.91 Å². The maximum Gasteiger partial charge on any atom is 0.227 e. The van der Waals surface area contributed by atoms with E-state index in [1.54, 1.807) is 17.2 Å². The third-order valence-electron chi connectivity index (χ3n) is 5.86. The number of aryl methyl sites for hydroxylation is 1. The van der Waals surface area contributed by atoms with Crippen LogP contribution in [0.3, 0.4) is 0 Å². The topological polar surface area (TPSA) is 79.4 Å². The number of hydrogen-bond acceptors (Lipinski definition) is 3. The number of nitrogens with one attached hydrogen (secondary N) is 1. The Bertz CT molecular complexity index is 1060. The van der Waals surface area contributed by atoms with Gasteiger partial charge in [0.05, 0.1) is 6.42 Å². The molecule has 1 fully saturated rings. The molecule has 5 nitrogen and oxygen atoms in total. The van der Waals surface area contributed by atoms with Crippen molar-refractivity contribution in [2.45, 2.75) is 36.7 Å². The lowest BCUT2D eigenvalue weighted by Gasteiger charge is -2.38. The molecule has 3 aromatic rings. The molecule has 0 spiro atoms.